The molecule has 0 aliphatic carbocycles. The first-order valence-electron chi connectivity index (χ1n) is 9.11. The van der Waals surface area contributed by atoms with E-state index in [0.29, 0.717) is 27.9 Å². The molecule has 1 aromatic carbocycles. The van der Waals surface area contributed by atoms with Gasteiger partial charge in [-0.1, -0.05) is 22.8 Å². The Bertz CT molecular complexity index is 1210. The Balaban J connectivity index is 0.00000205. The minimum Gasteiger partial charge on any atom is -0.334 e. The van der Waals surface area contributed by atoms with E-state index >= 15 is 0 Å². The SMILES string of the molecule is Cl.O=c1cc(C2CCNCC2)n2ncc(-c3noc(-c4cccc(Cl)c4)n3)c2[nH]1. The molecule has 1 aliphatic heterocycles. The third-order valence-corrected chi connectivity index (χ3v) is 5.27. The van der Waals surface area contributed by atoms with E-state index in [9.17, 15) is 4.79 Å². The lowest BCUT2D eigenvalue weighted by atomic mass is 9.94. The van der Waals surface area contributed by atoms with E-state index in [4.69, 9.17) is 16.1 Å². The Morgan fingerprint density at radius 2 is 2.03 bits per heavy atom. The highest BCUT2D eigenvalue weighted by Gasteiger charge is 2.22. The lowest BCUT2D eigenvalue weighted by molar-refractivity contribution is 0.432. The van der Waals surface area contributed by atoms with Gasteiger partial charge in [0.15, 0.2) is 0 Å². The van der Waals surface area contributed by atoms with Crippen molar-refractivity contribution in [1.29, 1.82) is 0 Å². The van der Waals surface area contributed by atoms with E-state index in [2.05, 4.69) is 25.5 Å². The quantitative estimate of drug-likeness (QED) is 0.514. The highest BCUT2D eigenvalue weighted by molar-refractivity contribution is 6.30. The summed E-state index contributed by atoms with van der Waals surface area (Å²) in [5, 5.41) is 12.5. The summed E-state index contributed by atoms with van der Waals surface area (Å²) >= 11 is 6.04. The van der Waals surface area contributed by atoms with E-state index in [-0.39, 0.29) is 23.9 Å². The summed E-state index contributed by atoms with van der Waals surface area (Å²) in [7, 11) is 0. The van der Waals surface area contributed by atoms with Crippen molar-refractivity contribution < 1.29 is 4.52 Å². The lowest BCUT2D eigenvalue weighted by Crippen LogP contribution is -2.28. The van der Waals surface area contributed by atoms with Crippen LogP contribution in [0.4, 0.5) is 0 Å². The van der Waals surface area contributed by atoms with Crippen LogP contribution < -0.4 is 10.9 Å². The molecule has 4 aromatic rings. The van der Waals surface area contributed by atoms with E-state index in [1.54, 1.807) is 28.9 Å². The maximum absolute atomic E-state index is 12.3. The second-order valence-corrected chi connectivity index (χ2v) is 7.27. The molecule has 3 aromatic heterocycles. The summed E-state index contributed by atoms with van der Waals surface area (Å²) in [6.45, 7) is 1.86. The molecule has 0 amide bonds. The number of fused-ring (bicyclic) bond motifs is 1. The molecule has 8 nitrogen and oxygen atoms in total. The number of H-pyrrole nitrogens is 1. The van der Waals surface area contributed by atoms with E-state index < -0.39 is 0 Å². The average molecular weight is 433 g/mol. The summed E-state index contributed by atoms with van der Waals surface area (Å²) in [5.41, 5.74) is 2.66. The predicted octanol–water partition coefficient (Wildman–Crippen LogP) is 3.28. The van der Waals surface area contributed by atoms with Gasteiger partial charge in [0.05, 0.1) is 17.5 Å². The third-order valence-electron chi connectivity index (χ3n) is 5.03. The van der Waals surface area contributed by atoms with Crippen LogP contribution >= 0.6 is 24.0 Å². The minimum atomic E-state index is -0.165. The van der Waals surface area contributed by atoms with Gasteiger partial charge in [-0.3, -0.25) is 4.79 Å². The summed E-state index contributed by atoms with van der Waals surface area (Å²) < 4.78 is 7.18. The lowest BCUT2D eigenvalue weighted by Gasteiger charge is -2.23. The highest BCUT2D eigenvalue weighted by Crippen LogP contribution is 2.29. The standard InChI is InChI=1S/C19H17ClN6O2.ClH/c20-13-3-1-2-12(8-13)19-24-17(25-28-19)14-10-22-26-15(9-16(27)23-18(14)26)11-4-6-21-7-5-11;/h1-3,8-11,21H,4-7H2,(H,23,27);1H. The van der Waals surface area contributed by atoms with Gasteiger partial charge in [-0.2, -0.15) is 10.1 Å². The Morgan fingerprint density at radius 3 is 2.83 bits per heavy atom. The summed E-state index contributed by atoms with van der Waals surface area (Å²) in [4.78, 5) is 19.6. The predicted molar refractivity (Wildman–Crippen MR) is 112 cm³/mol. The molecule has 1 fully saturated rings. The van der Waals surface area contributed by atoms with Gasteiger partial charge in [-0.15, -0.1) is 12.4 Å². The number of aromatic amines is 1. The minimum absolute atomic E-state index is 0. The van der Waals surface area contributed by atoms with Crippen LogP contribution in [0.15, 0.2) is 45.8 Å². The fourth-order valence-electron chi connectivity index (χ4n) is 3.66. The molecule has 0 bridgehead atoms. The van der Waals surface area contributed by atoms with Crippen LogP contribution in [0.25, 0.3) is 28.5 Å². The first-order valence-corrected chi connectivity index (χ1v) is 9.48. The van der Waals surface area contributed by atoms with Gasteiger partial charge in [-0.25, -0.2) is 4.52 Å². The maximum atomic E-state index is 12.3. The number of benzene rings is 1. The second kappa shape index (κ2) is 7.98. The molecule has 4 heterocycles. The number of nitrogens with zero attached hydrogens (tertiary/aromatic N) is 4. The number of aromatic nitrogens is 5. The Kier molecular flexibility index (Phi) is 5.40. The first kappa shape index (κ1) is 19.6. The van der Waals surface area contributed by atoms with Gasteiger partial charge in [0.1, 0.15) is 5.65 Å². The van der Waals surface area contributed by atoms with Crippen LogP contribution in [-0.2, 0) is 0 Å². The molecular formula is C19H18Cl2N6O2. The number of rotatable bonds is 3. The van der Waals surface area contributed by atoms with E-state index in [1.165, 1.54) is 0 Å². The highest BCUT2D eigenvalue weighted by atomic mass is 35.5. The largest absolute Gasteiger partial charge is 0.334 e. The number of halogens is 2. The van der Waals surface area contributed by atoms with Crippen molar-refractivity contribution >= 4 is 29.7 Å². The molecule has 0 atom stereocenters. The fourth-order valence-corrected chi connectivity index (χ4v) is 3.85. The zero-order valence-electron chi connectivity index (χ0n) is 15.3. The maximum Gasteiger partial charge on any atom is 0.258 e. The van der Waals surface area contributed by atoms with Crippen LogP contribution in [0.3, 0.4) is 0 Å². The number of hydrogen-bond acceptors (Lipinski definition) is 6. The Hall–Kier alpha value is -2.68. The number of hydrogen-bond donors (Lipinski definition) is 2. The fraction of sp³-hybridized carbons (Fsp3) is 0.263. The van der Waals surface area contributed by atoms with E-state index in [1.807, 2.05) is 12.1 Å². The van der Waals surface area contributed by atoms with Crippen LogP contribution in [0.2, 0.25) is 5.02 Å². The van der Waals surface area contributed by atoms with E-state index in [0.717, 1.165) is 37.2 Å². The smallest absolute Gasteiger partial charge is 0.258 e. The molecule has 29 heavy (non-hydrogen) atoms. The molecule has 0 radical (unpaired) electrons. The van der Waals surface area contributed by atoms with Crippen molar-refractivity contribution in [2.24, 2.45) is 0 Å². The molecule has 150 valence electrons. The zero-order chi connectivity index (χ0) is 19.1. The number of nitrogens with one attached hydrogen (secondary N) is 2. The van der Waals surface area contributed by atoms with Crippen molar-refractivity contribution in [3.05, 3.63) is 57.6 Å². The van der Waals surface area contributed by atoms with Gasteiger partial charge in [0, 0.05) is 22.6 Å². The van der Waals surface area contributed by atoms with Gasteiger partial charge >= 0.3 is 0 Å². The molecule has 0 spiro atoms. The third kappa shape index (κ3) is 3.66. The molecule has 0 unspecified atom stereocenters. The van der Waals surface area contributed by atoms with Crippen molar-refractivity contribution in [2.75, 3.05) is 13.1 Å². The monoisotopic (exact) mass is 432 g/mol. The summed E-state index contributed by atoms with van der Waals surface area (Å²) in [6, 6.07) is 8.83. The molecule has 10 heteroatoms. The average Bonchev–Trinajstić information content (AvgIpc) is 3.35. The van der Waals surface area contributed by atoms with Crippen LogP contribution in [0.5, 0.6) is 0 Å². The van der Waals surface area contributed by atoms with Gasteiger partial charge < -0.3 is 14.8 Å². The van der Waals surface area contributed by atoms with Gasteiger partial charge in [0.2, 0.25) is 5.82 Å². The Labute approximate surface area is 176 Å². The first-order chi connectivity index (χ1) is 13.7. The van der Waals surface area contributed by atoms with Crippen LogP contribution in [0, 0.1) is 0 Å². The van der Waals surface area contributed by atoms with Crippen LogP contribution in [-0.4, -0.2) is 37.8 Å². The van der Waals surface area contributed by atoms with Crippen molar-refractivity contribution in [1.82, 2.24) is 30.1 Å². The molecule has 0 saturated carbocycles. The van der Waals surface area contributed by atoms with Gasteiger partial charge in [-0.05, 0) is 44.1 Å². The van der Waals surface area contributed by atoms with Gasteiger partial charge in [0.25, 0.3) is 11.4 Å². The zero-order valence-corrected chi connectivity index (χ0v) is 16.8. The molecule has 1 saturated heterocycles. The molecule has 5 rings (SSSR count). The molecule has 1 aliphatic rings. The number of piperidine rings is 1. The summed E-state index contributed by atoms with van der Waals surface area (Å²) in [6.07, 6.45) is 3.59. The van der Waals surface area contributed by atoms with Crippen molar-refractivity contribution in [2.45, 2.75) is 18.8 Å². The molecule has 2 N–H and O–H groups in total. The summed E-state index contributed by atoms with van der Waals surface area (Å²) in [5.74, 6) is 1.00. The van der Waals surface area contributed by atoms with Crippen molar-refractivity contribution in [3.8, 4) is 22.8 Å². The normalized spacial score (nSPS) is 14.8. The second-order valence-electron chi connectivity index (χ2n) is 6.83. The molecular weight excluding hydrogens is 415 g/mol. The van der Waals surface area contributed by atoms with Crippen LogP contribution in [0.1, 0.15) is 24.5 Å². The van der Waals surface area contributed by atoms with Crippen molar-refractivity contribution in [3.63, 3.8) is 0 Å². The topological polar surface area (TPSA) is 101 Å². The Morgan fingerprint density at radius 1 is 1.21 bits per heavy atom.